The molecule has 1 aliphatic rings. The number of carboxylic acid groups (broad SMARTS) is 1. The zero-order chi connectivity index (χ0) is 17.6. The normalized spacial score (nSPS) is 16.2. The maximum absolute atomic E-state index is 13.2. The summed E-state index contributed by atoms with van der Waals surface area (Å²) in [5, 5.41) is 14.0. The van der Waals surface area contributed by atoms with Crippen LogP contribution in [0.5, 0.6) is 0 Å². The predicted molar refractivity (Wildman–Crippen MR) is 102 cm³/mol. The number of rotatable bonds is 3. The third-order valence-corrected chi connectivity index (χ3v) is 4.96. The van der Waals surface area contributed by atoms with Gasteiger partial charge >= 0.3 is 5.97 Å². The van der Waals surface area contributed by atoms with E-state index in [1.807, 2.05) is 18.2 Å². The minimum absolute atomic E-state index is 0. The molecule has 26 heavy (non-hydrogen) atoms. The lowest BCUT2D eigenvalue weighted by Gasteiger charge is -2.22. The Hall–Kier alpha value is -2.08. The number of carboxylic acids is 1. The molecule has 3 aromatic rings. The van der Waals surface area contributed by atoms with Gasteiger partial charge in [0.15, 0.2) is 0 Å². The molecule has 7 heteroatoms. The zero-order valence-electron chi connectivity index (χ0n) is 13.7. The first-order valence-electron chi connectivity index (χ1n) is 8.03. The number of hydrogen-bond acceptors (Lipinski definition) is 2. The van der Waals surface area contributed by atoms with Gasteiger partial charge in [-0.05, 0) is 35.4 Å². The molecular formula is C19H17Cl2FN2O2. The fraction of sp³-hybridized carbons (Fsp3) is 0.211. The molecule has 4 nitrogen and oxygen atoms in total. The Morgan fingerprint density at radius 3 is 2.69 bits per heavy atom. The van der Waals surface area contributed by atoms with Crippen LogP contribution in [0, 0.1) is 5.82 Å². The smallest absolute Gasteiger partial charge is 0.321 e. The van der Waals surface area contributed by atoms with Crippen molar-refractivity contribution in [3.05, 3.63) is 70.1 Å². The molecule has 0 radical (unpaired) electrons. The quantitative estimate of drug-likeness (QED) is 0.705. The third-order valence-electron chi connectivity index (χ3n) is 4.73. The van der Waals surface area contributed by atoms with Crippen molar-refractivity contribution >= 4 is 40.9 Å². The summed E-state index contributed by atoms with van der Waals surface area (Å²) >= 11 is 6.18. The monoisotopic (exact) mass is 394 g/mol. The van der Waals surface area contributed by atoms with E-state index in [1.54, 1.807) is 12.1 Å². The zero-order valence-corrected chi connectivity index (χ0v) is 15.3. The lowest BCUT2D eigenvalue weighted by atomic mass is 9.98. The van der Waals surface area contributed by atoms with E-state index in [0.717, 1.165) is 27.7 Å². The van der Waals surface area contributed by atoms with E-state index in [2.05, 4.69) is 9.88 Å². The van der Waals surface area contributed by atoms with Gasteiger partial charge in [-0.15, -0.1) is 12.4 Å². The highest BCUT2D eigenvalue weighted by Crippen LogP contribution is 2.32. The van der Waals surface area contributed by atoms with E-state index in [-0.39, 0.29) is 18.2 Å². The summed E-state index contributed by atoms with van der Waals surface area (Å²) in [6, 6.07) is 11.5. The molecule has 0 amide bonds. The Morgan fingerprint density at radius 2 is 2.00 bits per heavy atom. The fourth-order valence-electron chi connectivity index (χ4n) is 3.50. The summed E-state index contributed by atoms with van der Waals surface area (Å²) in [6.45, 7) is 1.05. The Kier molecular flexibility index (Phi) is 5.23. The number of fused-ring (bicyclic) bond motifs is 3. The molecule has 0 aliphatic carbocycles. The van der Waals surface area contributed by atoms with Crippen LogP contribution < -0.4 is 5.32 Å². The minimum atomic E-state index is -0.848. The second-order valence-corrected chi connectivity index (χ2v) is 6.71. The number of aromatic nitrogens is 1. The number of nitrogens with one attached hydrogen (secondary N) is 1. The van der Waals surface area contributed by atoms with Crippen LogP contribution in [0.1, 0.15) is 16.8 Å². The van der Waals surface area contributed by atoms with E-state index in [4.69, 9.17) is 11.6 Å². The summed E-state index contributed by atoms with van der Waals surface area (Å²) in [6.07, 6.45) is 0.430. The molecule has 2 N–H and O–H groups in total. The molecule has 0 bridgehead atoms. The molecule has 0 fully saturated rings. The highest BCUT2D eigenvalue weighted by atomic mass is 35.5. The fourth-order valence-corrected chi connectivity index (χ4v) is 3.67. The van der Waals surface area contributed by atoms with Crippen LogP contribution in [-0.2, 0) is 24.3 Å². The predicted octanol–water partition coefficient (Wildman–Crippen LogP) is 4.00. The van der Waals surface area contributed by atoms with Gasteiger partial charge in [-0.3, -0.25) is 10.1 Å². The molecule has 1 aromatic heterocycles. The lowest BCUT2D eigenvalue weighted by Crippen LogP contribution is -2.42. The maximum atomic E-state index is 13.2. The summed E-state index contributed by atoms with van der Waals surface area (Å²) in [5.41, 5.74) is 4.04. The van der Waals surface area contributed by atoms with E-state index in [1.165, 1.54) is 12.1 Å². The molecule has 4 rings (SSSR count). The van der Waals surface area contributed by atoms with E-state index < -0.39 is 12.0 Å². The Bertz CT molecular complexity index is 970. The standard InChI is InChI=1S/C19H16ClFN2O2.ClH/c20-12-3-6-14-15-8-16(19(24)25)22-9-18(15)23(17(14)7-12)10-11-1-4-13(21)5-2-11;/h1-7,16,22H,8-10H2,(H,24,25);1H. The van der Waals surface area contributed by atoms with Crippen LogP contribution in [0.3, 0.4) is 0 Å². The summed E-state index contributed by atoms with van der Waals surface area (Å²) < 4.78 is 15.3. The van der Waals surface area contributed by atoms with Crippen LogP contribution >= 0.6 is 24.0 Å². The molecule has 1 atom stereocenters. The van der Waals surface area contributed by atoms with Crippen LogP contribution in [0.4, 0.5) is 4.39 Å². The third kappa shape index (κ3) is 3.30. The largest absolute Gasteiger partial charge is 0.480 e. The average molecular weight is 395 g/mol. The van der Waals surface area contributed by atoms with Crippen LogP contribution in [-0.4, -0.2) is 21.7 Å². The summed E-state index contributed by atoms with van der Waals surface area (Å²) in [4.78, 5) is 11.4. The van der Waals surface area contributed by atoms with Gasteiger partial charge in [-0.2, -0.15) is 0 Å². The first-order valence-corrected chi connectivity index (χ1v) is 8.41. The van der Waals surface area contributed by atoms with Gasteiger partial charge < -0.3 is 9.67 Å². The van der Waals surface area contributed by atoms with Crippen LogP contribution in [0.2, 0.25) is 5.02 Å². The molecule has 0 spiro atoms. The van der Waals surface area contributed by atoms with Crippen molar-refractivity contribution in [2.75, 3.05) is 0 Å². The first-order chi connectivity index (χ1) is 12.0. The Morgan fingerprint density at radius 1 is 1.27 bits per heavy atom. The van der Waals surface area contributed by atoms with Gasteiger partial charge in [-0.25, -0.2) is 4.39 Å². The molecule has 136 valence electrons. The molecule has 2 aromatic carbocycles. The Balaban J connectivity index is 0.00000196. The molecule has 0 saturated heterocycles. The molecule has 2 heterocycles. The van der Waals surface area contributed by atoms with Crippen LogP contribution in [0.15, 0.2) is 42.5 Å². The first kappa shape index (κ1) is 18.7. The number of halogens is 3. The van der Waals surface area contributed by atoms with Gasteiger partial charge in [0.05, 0.1) is 5.52 Å². The van der Waals surface area contributed by atoms with Crippen molar-refractivity contribution in [1.29, 1.82) is 0 Å². The van der Waals surface area contributed by atoms with Crippen molar-refractivity contribution in [1.82, 2.24) is 9.88 Å². The maximum Gasteiger partial charge on any atom is 0.321 e. The van der Waals surface area contributed by atoms with Crippen molar-refractivity contribution < 1.29 is 14.3 Å². The van der Waals surface area contributed by atoms with Crippen molar-refractivity contribution in [2.24, 2.45) is 0 Å². The molecule has 1 unspecified atom stereocenters. The van der Waals surface area contributed by atoms with Gasteiger partial charge in [0.25, 0.3) is 0 Å². The van der Waals surface area contributed by atoms with Gasteiger partial charge in [0.2, 0.25) is 0 Å². The topological polar surface area (TPSA) is 54.3 Å². The number of carbonyl (C=O) groups is 1. The molecule has 0 saturated carbocycles. The second-order valence-electron chi connectivity index (χ2n) is 6.28. The van der Waals surface area contributed by atoms with Gasteiger partial charge in [0, 0.05) is 35.6 Å². The van der Waals surface area contributed by atoms with Crippen molar-refractivity contribution in [3.63, 3.8) is 0 Å². The number of aliphatic carboxylic acids is 1. The lowest BCUT2D eigenvalue weighted by molar-refractivity contribution is -0.139. The number of hydrogen-bond donors (Lipinski definition) is 2. The Labute approximate surface area is 161 Å². The van der Waals surface area contributed by atoms with Crippen LogP contribution in [0.25, 0.3) is 10.9 Å². The summed E-state index contributed by atoms with van der Waals surface area (Å²) in [7, 11) is 0. The van der Waals surface area contributed by atoms with E-state index in [0.29, 0.717) is 24.5 Å². The highest BCUT2D eigenvalue weighted by molar-refractivity contribution is 6.31. The number of benzene rings is 2. The van der Waals surface area contributed by atoms with Gasteiger partial charge in [-0.1, -0.05) is 29.8 Å². The van der Waals surface area contributed by atoms with E-state index >= 15 is 0 Å². The summed E-state index contributed by atoms with van der Waals surface area (Å²) in [5.74, 6) is -1.11. The molecule has 1 aliphatic heterocycles. The second kappa shape index (κ2) is 7.27. The van der Waals surface area contributed by atoms with Crippen molar-refractivity contribution in [2.45, 2.75) is 25.6 Å². The molecular weight excluding hydrogens is 378 g/mol. The highest BCUT2D eigenvalue weighted by Gasteiger charge is 2.28. The number of nitrogens with zero attached hydrogens (tertiary/aromatic N) is 1. The van der Waals surface area contributed by atoms with Gasteiger partial charge in [0.1, 0.15) is 11.9 Å². The minimum Gasteiger partial charge on any atom is -0.480 e. The van der Waals surface area contributed by atoms with Crippen molar-refractivity contribution in [3.8, 4) is 0 Å². The van der Waals surface area contributed by atoms with E-state index in [9.17, 15) is 14.3 Å². The SMILES string of the molecule is Cl.O=C(O)C1Cc2c(n(Cc3ccc(F)cc3)c3cc(Cl)ccc23)CN1. The average Bonchev–Trinajstić information content (AvgIpc) is 2.89.